The fourth-order valence-corrected chi connectivity index (χ4v) is 4.77. The third-order valence-electron chi connectivity index (χ3n) is 5.19. The van der Waals surface area contributed by atoms with Crippen LogP contribution in [0.1, 0.15) is 31.7 Å². The lowest BCUT2D eigenvalue weighted by Gasteiger charge is -2.39. The van der Waals surface area contributed by atoms with Crippen LogP contribution in [0.3, 0.4) is 0 Å². The summed E-state index contributed by atoms with van der Waals surface area (Å²) in [6.07, 6.45) is 4.52. The normalized spacial score (nSPS) is 26.6. The highest BCUT2D eigenvalue weighted by Crippen LogP contribution is 2.45. The van der Waals surface area contributed by atoms with Crippen molar-refractivity contribution >= 4 is 15.4 Å². The average molecular weight is 327 g/mol. The van der Waals surface area contributed by atoms with Gasteiger partial charge in [0.15, 0.2) is 0 Å². The maximum absolute atomic E-state index is 13.5. The fraction of sp³-hybridized carbons (Fsp3) is 0.588. The van der Waals surface area contributed by atoms with E-state index in [4.69, 9.17) is 0 Å². The number of halogens is 2. The van der Waals surface area contributed by atoms with Crippen LogP contribution in [0.4, 0.5) is 8.78 Å². The van der Waals surface area contributed by atoms with Gasteiger partial charge in [-0.3, -0.25) is 4.21 Å². The van der Waals surface area contributed by atoms with Crippen molar-refractivity contribution in [2.24, 2.45) is 11.3 Å². The average Bonchev–Trinajstić information content (AvgIpc) is 2.82. The van der Waals surface area contributed by atoms with E-state index in [1.54, 1.807) is 12.1 Å². The van der Waals surface area contributed by atoms with Gasteiger partial charge in [0.25, 0.3) is 0 Å². The molecule has 5 heteroatoms. The van der Waals surface area contributed by atoms with Crippen molar-refractivity contribution in [1.29, 1.82) is 0 Å². The first-order valence-electron chi connectivity index (χ1n) is 7.76. The highest BCUT2D eigenvalue weighted by Gasteiger charge is 2.43. The topological polar surface area (TPSA) is 29.1 Å². The number of alkyl halides is 2. The molecule has 2 fully saturated rings. The minimum Gasteiger partial charge on any atom is -0.316 e. The van der Waals surface area contributed by atoms with Gasteiger partial charge in [0.05, 0.1) is 9.52 Å². The highest BCUT2D eigenvalue weighted by atomic mass is 32.2. The van der Waals surface area contributed by atoms with Crippen molar-refractivity contribution in [3.05, 3.63) is 29.8 Å². The maximum atomic E-state index is 13.5. The van der Waals surface area contributed by atoms with E-state index in [0.717, 1.165) is 25.1 Å². The summed E-state index contributed by atoms with van der Waals surface area (Å²) in [4.78, 5) is 0.163. The second kappa shape index (κ2) is 5.31. The number of benzene rings is 1. The van der Waals surface area contributed by atoms with Crippen LogP contribution in [0, 0.1) is 11.3 Å². The van der Waals surface area contributed by atoms with Gasteiger partial charge in [-0.1, -0.05) is 12.1 Å². The van der Waals surface area contributed by atoms with Gasteiger partial charge in [-0.15, -0.1) is 0 Å². The molecule has 2 atom stereocenters. The molecule has 2 nitrogen and oxygen atoms in total. The molecule has 1 N–H and O–H groups in total. The van der Waals surface area contributed by atoms with Crippen molar-refractivity contribution in [3.63, 3.8) is 0 Å². The summed E-state index contributed by atoms with van der Waals surface area (Å²) in [6.45, 7) is 2.90. The Morgan fingerprint density at radius 1 is 1.45 bits per heavy atom. The predicted octanol–water partition coefficient (Wildman–Crippen LogP) is 3.31. The lowest BCUT2D eigenvalue weighted by Crippen LogP contribution is -2.51. The van der Waals surface area contributed by atoms with Crippen molar-refractivity contribution in [2.75, 3.05) is 13.1 Å². The van der Waals surface area contributed by atoms with Crippen molar-refractivity contribution in [2.45, 2.75) is 42.8 Å². The van der Waals surface area contributed by atoms with Gasteiger partial charge in [0.2, 0.25) is 0 Å². The van der Waals surface area contributed by atoms with Crippen molar-refractivity contribution in [1.82, 2.24) is 5.32 Å². The van der Waals surface area contributed by atoms with E-state index in [1.165, 1.54) is 25.3 Å². The summed E-state index contributed by atoms with van der Waals surface area (Å²) in [5.41, 5.74) is 1.48. The van der Waals surface area contributed by atoms with Gasteiger partial charge in [-0.05, 0) is 60.6 Å². The number of hydrogen-bond donors (Lipinski definition) is 1. The standard InChI is InChI=1S/C17H23F2NOS/c1-16(18,19)22(2,21)15-5-3-4-13(9-15)8-14-6-7-17(10-14)11-20-12-17/h3-5,9,14,20H,2,6-8,10-12H2,1H3. The SMILES string of the molecule is C=S(=O)(c1cccc(CC2CCC3(CNC3)C2)c1)C(C)(F)F. The zero-order valence-corrected chi connectivity index (χ0v) is 13.7. The summed E-state index contributed by atoms with van der Waals surface area (Å²) in [5.74, 6) is 3.90. The molecular weight excluding hydrogens is 304 g/mol. The van der Waals surface area contributed by atoms with E-state index >= 15 is 0 Å². The number of nitrogens with one attached hydrogen (secondary N) is 1. The Morgan fingerprint density at radius 2 is 2.18 bits per heavy atom. The van der Waals surface area contributed by atoms with Gasteiger partial charge >= 0.3 is 5.25 Å². The second-order valence-corrected chi connectivity index (χ2v) is 9.59. The molecule has 1 heterocycles. The molecule has 3 rings (SSSR count). The van der Waals surface area contributed by atoms with E-state index < -0.39 is 14.8 Å². The van der Waals surface area contributed by atoms with Crippen LogP contribution in [0.2, 0.25) is 0 Å². The summed E-state index contributed by atoms with van der Waals surface area (Å²) < 4.78 is 39.4. The third-order valence-corrected chi connectivity index (χ3v) is 7.36. The van der Waals surface area contributed by atoms with Crippen molar-refractivity contribution < 1.29 is 13.0 Å². The molecule has 2 aliphatic rings. The third kappa shape index (κ3) is 2.81. The number of rotatable bonds is 4. The van der Waals surface area contributed by atoms with E-state index in [1.807, 2.05) is 6.07 Å². The van der Waals surface area contributed by atoms with Gasteiger partial charge in [-0.2, -0.15) is 8.78 Å². The van der Waals surface area contributed by atoms with Crippen LogP contribution in [0.15, 0.2) is 29.2 Å². The Labute approximate surface area is 131 Å². The minimum absolute atomic E-state index is 0.163. The monoisotopic (exact) mass is 327 g/mol. The first-order valence-corrected chi connectivity index (χ1v) is 9.49. The first kappa shape index (κ1) is 15.9. The lowest BCUT2D eigenvalue weighted by atomic mass is 9.79. The molecule has 0 bridgehead atoms. The van der Waals surface area contributed by atoms with Crippen LogP contribution in [0.5, 0.6) is 0 Å². The molecule has 1 aliphatic heterocycles. The molecule has 1 saturated carbocycles. The molecule has 1 aromatic carbocycles. The van der Waals surface area contributed by atoms with Crippen molar-refractivity contribution in [3.8, 4) is 0 Å². The molecule has 22 heavy (non-hydrogen) atoms. The van der Waals surface area contributed by atoms with Gasteiger partial charge in [0, 0.05) is 24.9 Å². The van der Waals surface area contributed by atoms with Crippen LogP contribution in [0.25, 0.3) is 0 Å². The summed E-state index contributed by atoms with van der Waals surface area (Å²) >= 11 is 0. The molecule has 1 aliphatic carbocycles. The lowest BCUT2D eigenvalue weighted by molar-refractivity contribution is 0.121. The highest BCUT2D eigenvalue weighted by molar-refractivity contribution is 8.01. The molecule has 2 unspecified atom stereocenters. The molecule has 0 radical (unpaired) electrons. The Bertz CT molecular complexity index is 659. The largest absolute Gasteiger partial charge is 0.316 e. The smallest absolute Gasteiger partial charge is 0.315 e. The molecule has 1 aromatic rings. The Hall–Kier alpha value is -0.940. The number of hydrogen-bond acceptors (Lipinski definition) is 2. The minimum atomic E-state index is -3.59. The van der Waals surface area contributed by atoms with Crippen LogP contribution in [-0.4, -0.2) is 28.4 Å². The van der Waals surface area contributed by atoms with Gasteiger partial charge in [-0.25, -0.2) is 0 Å². The van der Waals surface area contributed by atoms with Crippen LogP contribution in [-0.2, 0) is 15.9 Å². The Morgan fingerprint density at radius 3 is 2.73 bits per heavy atom. The van der Waals surface area contributed by atoms with Gasteiger partial charge < -0.3 is 5.32 Å². The Balaban J connectivity index is 1.75. The maximum Gasteiger partial charge on any atom is 0.315 e. The zero-order chi connectivity index (χ0) is 16.0. The van der Waals surface area contributed by atoms with Crippen LogP contribution >= 0.6 is 0 Å². The zero-order valence-electron chi connectivity index (χ0n) is 12.9. The molecule has 122 valence electrons. The molecule has 0 aromatic heterocycles. The fourth-order valence-electron chi connectivity index (χ4n) is 3.72. The second-order valence-electron chi connectivity index (χ2n) is 7.05. The van der Waals surface area contributed by atoms with E-state index in [2.05, 4.69) is 11.2 Å². The van der Waals surface area contributed by atoms with E-state index in [0.29, 0.717) is 18.3 Å². The summed E-state index contributed by atoms with van der Waals surface area (Å²) in [7, 11) is -3.59. The van der Waals surface area contributed by atoms with E-state index in [-0.39, 0.29) is 4.90 Å². The molecular formula is C17H23F2NOS. The quantitative estimate of drug-likeness (QED) is 0.860. The van der Waals surface area contributed by atoms with Crippen LogP contribution < -0.4 is 5.32 Å². The van der Waals surface area contributed by atoms with Gasteiger partial charge in [0.1, 0.15) is 0 Å². The molecule has 1 spiro atoms. The molecule has 0 amide bonds. The summed E-state index contributed by atoms with van der Waals surface area (Å²) in [5, 5.41) is 0.0394. The first-order chi connectivity index (χ1) is 10.2. The summed E-state index contributed by atoms with van der Waals surface area (Å²) in [6, 6.07) is 6.83. The predicted molar refractivity (Wildman–Crippen MR) is 86.9 cm³/mol. The Kier molecular flexibility index (Phi) is 3.84. The molecule has 1 saturated heterocycles. The van der Waals surface area contributed by atoms with E-state index in [9.17, 15) is 13.0 Å².